The second-order valence-corrected chi connectivity index (χ2v) is 7.72. The van der Waals surface area contributed by atoms with Gasteiger partial charge in [0, 0.05) is 12.6 Å². The number of nitro benzene ring substituents is 1. The topological polar surface area (TPSA) is 84.7 Å². The van der Waals surface area contributed by atoms with Gasteiger partial charge in [0.1, 0.15) is 11.4 Å². The fraction of sp³-hybridized carbons (Fsp3) is 0.409. The molecule has 1 saturated carbocycles. The zero-order valence-electron chi connectivity index (χ0n) is 17.1. The van der Waals surface area contributed by atoms with Crippen molar-refractivity contribution in [1.82, 2.24) is 4.90 Å². The zero-order chi connectivity index (χ0) is 21.0. The van der Waals surface area contributed by atoms with Gasteiger partial charge in [0.2, 0.25) is 5.91 Å². The summed E-state index contributed by atoms with van der Waals surface area (Å²) in [6.07, 6.45) is 2.14. The van der Waals surface area contributed by atoms with Crippen LogP contribution in [0.3, 0.4) is 0 Å². The van der Waals surface area contributed by atoms with Crippen LogP contribution >= 0.6 is 0 Å². The molecule has 0 atom stereocenters. The lowest BCUT2D eigenvalue weighted by atomic mass is 10.0. The van der Waals surface area contributed by atoms with Crippen LogP contribution in [0, 0.1) is 10.1 Å². The minimum Gasteiger partial charge on any atom is -0.496 e. The quantitative estimate of drug-likeness (QED) is 0.503. The summed E-state index contributed by atoms with van der Waals surface area (Å²) in [6, 6.07) is 13.3. The molecule has 0 aromatic heterocycles. The highest BCUT2D eigenvalue weighted by molar-refractivity contribution is 5.94. The third kappa shape index (κ3) is 5.54. The van der Waals surface area contributed by atoms with Gasteiger partial charge in [-0.1, -0.05) is 38.1 Å². The summed E-state index contributed by atoms with van der Waals surface area (Å²) in [5.74, 6) is 0.595. The monoisotopic (exact) mass is 397 g/mol. The molecule has 0 saturated heterocycles. The molecule has 1 aliphatic rings. The molecule has 0 unspecified atom stereocenters. The van der Waals surface area contributed by atoms with Crippen molar-refractivity contribution in [2.24, 2.45) is 0 Å². The SMILES string of the molecule is COc1ccc(NC(=O)CN(Cc2ccc(C(C)C)cc2)C2CC2)c([N+](=O)[O-])c1. The molecule has 0 heterocycles. The highest BCUT2D eigenvalue weighted by Gasteiger charge is 2.30. The lowest BCUT2D eigenvalue weighted by molar-refractivity contribution is -0.384. The summed E-state index contributed by atoms with van der Waals surface area (Å²) < 4.78 is 5.03. The van der Waals surface area contributed by atoms with E-state index in [1.54, 1.807) is 6.07 Å². The van der Waals surface area contributed by atoms with E-state index in [0.717, 1.165) is 18.4 Å². The number of methoxy groups -OCH3 is 1. The first-order valence-corrected chi connectivity index (χ1v) is 9.82. The molecule has 1 N–H and O–H groups in total. The number of carbonyl (C=O) groups excluding carboxylic acids is 1. The Balaban J connectivity index is 1.67. The largest absolute Gasteiger partial charge is 0.496 e. The highest BCUT2D eigenvalue weighted by atomic mass is 16.6. The van der Waals surface area contributed by atoms with Gasteiger partial charge in [-0.15, -0.1) is 0 Å². The predicted octanol–water partition coefficient (Wildman–Crippen LogP) is 4.33. The van der Waals surface area contributed by atoms with E-state index in [2.05, 4.69) is 48.3 Å². The van der Waals surface area contributed by atoms with Crippen molar-refractivity contribution in [1.29, 1.82) is 0 Å². The van der Waals surface area contributed by atoms with Gasteiger partial charge in [-0.25, -0.2) is 0 Å². The van der Waals surface area contributed by atoms with Gasteiger partial charge in [0.15, 0.2) is 0 Å². The highest BCUT2D eigenvalue weighted by Crippen LogP contribution is 2.30. The van der Waals surface area contributed by atoms with Crippen LogP contribution in [0.1, 0.15) is 43.7 Å². The molecule has 0 bridgehead atoms. The fourth-order valence-corrected chi connectivity index (χ4v) is 3.27. The third-order valence-corrected chi connectivity index (χ3v) is 5.12. The van der Waals surface area contributed by atoms with E-state index in [-0.39, 0.29) is 23.8 Å². The zero-order valence-corrected chi connectivity index (χ0v) is 17.1. The van der Waals surface area contributed by atoms with Crippen molar-refractivity contribution in [2.45, 2.75) is 45.2 Å². The second kappa shape index (κ2) is 9.05. The minimum absolute atomic E-state index is 0.179. The maximum atomic E-state index is 12.6. The molecule has 1 amide bonds. The molecule has 29 heavy (non-hydrogen) atoms. The van der Waals surface area contributed by atoms with Crippen LogP contribution in [0.4, 0.5) is 11.4 Å². The fourth-order valence-electron chi connectivity index (χ4n) is 3.27. The van der Waals surface area contributed by atoms with Gasteiger partial charge >= 0.3 is 0 Å². The number of nitro groups is 1. The summed E-state index contributed by atoms with van der Waals surface area (Å²) in [6.45, 7) is 5.20. The molecule has 7 nitrogen and oxygen atoms in total. The van der Waals surface area contributed by atoms with Crippen LogP contribution in [0.15, 0.2) is 42.5 Å². The van der Waals surface area contributed by atoms with Crippen molar-refractivity contribution < 1.29 is 14.5 Å². The van der Waals surface area contributed by atoms with Gasteiger partial charge in [0.25, 0.3) is 5.69 Å². The number of hydrogen-bond donors (Lipinski definition) is 1. The summed E-state index contributed by atoms with van der Waals surface area (Å²) in [5.41, 5.74) is 2.44. The Hall–Kier alpha value is -2.93. The molecule has 154 valence electrons. The first-order valence-electron chi connectivity index (χ1n) is 9.82. The molecular weight excluding hydrogens is 370 g/mol. The molecule has 3 rings (SSSR count). The van der Waals surface area contributed by atoms with Crippen LogP contribution in [0.25, 0.3) is 0 Å². The minimum atomic E-state index is -0.521. The number of hydrogen-bond acceptors (Lipinski definition) is 5. The average molecular weight is 397 g/mol. The van der Waals surface area contributed by atoms with Crippen LogP contribution in [0.5, 0.6) is 5.75 Å². The number of anilines is 1. The van der Waals surface area contributed by atoms with Crippen molar-refractivity contribution in [3.8, 4) is 5.75 Å². The summed E-state index contributed by atoms with van der Waals surface area (Å²) >= 11 is 0. The van der Waals surface area contributed by atoms with Crippen LogP contribution in [-0.4, -0.2) is 35.4 Å². The van der Waals surface area contributed by atoms with Crippen LogP contribution in [0.2, 0.25) is 0 Å². The van der Waals surface area contributed by atoms with Crippen molar-refractivity contribution in [3.05, 3.63) is 63.7 Å². The van der Waals surface area contributed by atoms with Crippen molar-refractivity contribution in [2.75, 3.05) is 19.0 Å². The number of benzene rings is 2. The molecular formula is C22H27N3O4. The standard InChI is InChI=1S/C22H27N3O4/c1-15(2)17-6-4-16(5-7-17)13-24(18-8-9-18)14-22(26)23-20-11-10-19(29-3)12-21(20)25(27)28/h4-7,10-12,15,18H,8-9,13-14H2,1-3H3,(H,23,26). The Morgan fingerprint density at radius 3 is 2.48 bits per heavy atom. The lowest BCUT2D eigenvalue weighted by Crippen LogP contribution is -2.34. The average Bonchev–Trinajstić information content (AvgIpc) is 3.53. The van der Waals surface area contributed by atoms with E-state index >= 15 is 0 Å². The maximum Gasteiger partial charge on any atom is 0.296 e. The number of amides is 1. The number of rotatable bonds is 9. The predicted molar refractivity (Wildman–Crippen MR) is 112 cm³/mol. The van der Waals surface area contributed by atoms with Crippen molar-refractivity contribution >= 4 is 17.3 Å². The lowest BCUT2D eigenvalue weighted by Gasteiger charge is -2.22. The molecule has 2 aromatic rings. The summed E-state index contributed by atoms with van der Waals surface area (Å²) in [4.78, 5) is 25.5. The Morgan fingerprint density at radius 2 is 1.93 bits per heavy atom. The molecule has 0 radical (unpaired) electrons. The van der Waals surface area contributed by atoms with Crippen molar-refractivity contribution in [3.63, 3.8) is 0 Å². The van der Waals surface area contributed by atoms with Crippen LogP contribution < -0.4 is 10.1 Å². The van der Waals surface area contributed by atoms with Gasteiger partial charge in [-0.2, -0.15) is 0 Å². The molecule has 0 spiro atoms. The third-order valence-electron chi connectivity index (χ3n) is 5.12. The molecule has 7 heteroatoms. The smallest absolute Gasteiger partial charge is 0.296 e. The Morgan fingerprint density at radius 1 is 1.24 bits per heavy atom. The number of nitrogens with zero attached hydrogens (tertiary/aromatic N) is 2. The normalized spacial score (nSPS) is 13.6. The van der Waals surface area contributed by atoms with E-state index in [1.165, 1.54) is 24.8 Å². The van der Waals surface area contributed by atoms with Crippen LogP contribution in [-0.2, 0) is 11.3 Å². The van der Waals surface area contributed by atoms with Gasteiger partial charge in [0.05, 0.1) is 24.6 Å². The molecule has 2 aromatic carbocycles. The Bertz CT molecular complexity index is 876. The van der Waals surface area contributed by atoms with E-state index < -0.39 is 4.92 Å². The Kier molecular flexibility index (Phi) is 6.49. The molecule has 1 aliphatic carbocycles. The summed E-state index contributed by atoms with van der Waals surface area (Å²) in [7, 11) is 1.44. The van der Waals surface area contributed by atoms with E-state index in [0.29, 0.717) is 24.3 Å². The van der Waals surface area contributed by atoms with E-state index in [1.807, 2.05) is 0 Å². The number of carbonyl (C=O) groups is 1. The molecule has 0 aliphatic heterocycles. The number of ether oxygens (including phenoxy) is 1. The second-order valence-electron chi connectivity index (χ2n) is 7.72. The molecule has 1 fully saturated rings. The van der Waals surface area contributed by atoms with E-state index in [9.17, 15) is 14.9 Å². The van der Waals surface area contributed by atoms with Gasteiger partial charge in [-0.3, -0.25) is 19.8 Å². The van der Waals surface area contributed by atoms with E-state index in [4.69, 9.17) is 4.74 Å². The first-order chi connectivity index (χ1) is 13.9. The summed E-state index contributed by atoms with van der Waals surface area (Å²) in [5, 5.41) is 14.0. The van der Waals surface area contributed by atoms with Gasteiger partial charge in [-0.05, 0) is 42.0 Å². The van der Waals surface area contributed by atoms with Gasteiger partial charge < -0.3 is 10.1 Å². The maximum absolute atomic E-state index is 12.6. The number of nitrogens with one attached hydrogen (secondary N) is 1. The first kappa shape index (κ1) is 20.8. The Labute approximate surface area is 170 Å².